The summed E-state index contributed by atoms with van der Waals surface area (Å²) in [7, 11) is 0. The van der Waals surface area contributed by atoms with Crippen molar-refractivity contribution >= 4 is 34.2 Å². The molecule has 1 aliphatic rings. The minimum atomic E-state index is -0.220. The Balaban J connectivity index is 1.69. The Morgan fingerprint density at radius 3 is 2.60 bits per heavy atom. The molecule has 1 aliphatic carbocycles. The Bertz CT molecular complexity index is 658. The SMILES string of the molecule is O=C(Nc1ccccc1I)C1CC1c1ccccc1F. The smallest absolute Gasteiger partial charge is 0.228 e. The van der Waals surface area contributed by atoms with Crippen LogP contribution < -0.4 is 5.32 Å². The minimum absolute atomic E-state index is 0.0116. The van der Waals surface area contributed by atoms with E-state index in [0.29, 0.717) is 5.56 Å². The van der Waals surface area contributed by atoms with Crippen LogP contribution in [0.3, 0.4) is 0 Å². The summed E-state index contributed by atoms with van der Waals surface area (Å²) in [6.07, 6.45) is 0.718. The number of anilines is 1. The van der Waals surface area contributed by atoms with Gasteiger partial charge in [-0.05, 0) is 58.7 Å². The van der Waals surface area contributed by atoms with Crippen molar-refractivity contribution in [3.8, 4) is 0 Å². The van der Waals surface area contributed by atoms with E-state index in [-0.39, 0.29) is 23.6 Å². The van der Waals surface area contributed by atoms with Gasteiger partial charge in [0.15, 0.2) is 0 Å². The zero-order valence-electron chi connectivity index (χ0n) is 10.6. The Kier molecular flexibility index (Phi) is 3.74. The van der Waals surface area contributed by atoms with Gasteiger partial charge in [0, 0.05) is 9.49 Å². The van der Waals surface area contributed by atoms with Gasteiger partial charge >= 0.3 is 0 Å². The van der Waals surface area contributed by atoms with Crippen molar-refractivity contribution in [3.63, 3.8) is 0 Å². The first-order chi connectivity index (χ1) is 9.66. The van der Waals surface area contributed by atoms with Crippen molar-refractivity contribution in [1.29, 1.82) is 0 Å². The van der Waals surface area contributed by atoms with Crippen LogP contribution in [0.4, 0.5) is 10.1 Å². The molecule has 2 unspecified atom stereocenters. The Morgan fingerprint density at radius 2 is 1.85 bits per heavy atom. The van der Waals surface area contributed by atoms with Gasteiger partial charge in [-0.15, -0.1) is 0 Å². The lowest BCUT2D eigenvalue weighted by atomic mass is 10.1. The number of benzene rings is 2. The van der Waals surface area contributed by atoms with Crippen molar-refractivity contribution in [2.45, 2.75) is 12.3 Å². The summed E-state index contributed by atoms with van der Waals surface area (Å²) in [4.78, 5) is 12.2. The Labute approximate surface area is 130 Å². The van der Waals surface area contributed by atoms with Gasteiger partial charge in [0.1, 0.15) is 5.82 Å². The van der Waals surface area contributed by atoms with Gasteiger partial charge in [-0.1, -0.05) is 30.3 Å². The highest BCUT2D eigenvalue weighted by molar-refractivity contribution is 14.1. The summed E-state index contributed by atoms with van der Waals surface area (Å²) in [6.45, 7) is 0. The van der Waals surface area contributed by atoms with Crippen LogP contribution in [0.25, 0.3) is 0 Å². The van der Waals surface area contributed by atoms with E-state index in [1.54, 1.807) is 12.1 Å². The van der Waals surface area contributed by atoms with Gasteiger partial charge in [0.2, 0.25) is 5.91 Å². The third-order valence-corrected chi connectivity index (χ3v) is 4.50. The van der Waals surface area contributed by atoms with Crippen LogP contribution in [0.15, 0.2) is 48.5 Å². The first kappa shape index (κ1) is 13.5. The van der Waals surface area contributed by atoms with Crippen LogP contribution in [0.1, 0.15) is 17.9 Å². The molecule has 102 valence electrons. The lowest BCUT2D eigenvalue weighted by Gasteiger charge is -2.07. The summed E-state index contributed by atoms with van der Waals surface area (Å²) in [5, 5.41) is 2.92. The first-order valence-electron chi connectivity index (χ1n) is 6.46. The van der Waals surface area contributed by atoms with Crippen molar-refractivity contribution in [3.05, 3.63) is 63.5 Å². The van der Waals surface area contributed by atoms with E-state index in [2.05, 4.69) is 27.9 Å². The second-order valence-corrected chi connectivity index (χ2v) is 6.10. The van der Waals surface area contributed by atoms with Crippen LogP contribution in [0.2, 0.25) is 0 Å². The van der Waals surface area contributed by atoms with E-state index >= 15 is 0 Å². The van der Waals surface area contributed by atoms with Gasteiger partial charge < -0.3 is 5.32 Å². The van der Waals surface area contributed by atoms with E-state index in [4.69, 9.17) is 0 Å². The average Bonchev–Trinajstić information content (AvgIpc) is 3.22. The molecule has 0 bridgehead atoms. The molecule has 20 heavy (non-hydrogen) atoms. The Hall–Kier alpha value is -1.43. The molecule has 0 saturated heterocycles. The van der Waals surface area contributed by atoms with E-state index < -0.39 is 0 Å². The maximum absolute atomic E-state index is 13.7. The van der Waals surface area contributed by atoms with Crippen LogP contribution >= 0.6 is 22.6 Å². The topological polar surface area (TPSA) is 29.1 Å². The van der Waals surface area contributed by atoms with Gasteiger partial charge in [-0.25, -0.2) is 4.39 Å². The zero-order valence-corrected chi connectivity index (χ0v) is 12.8. The minimum Gasteiger partial charge on any atom is -0.325 e. The molecule has 0 radical (unpaired) electrons. The molecule has 3 rings (SSSR count). The summed E-state index contributed by atoms with van der Waals surface area (Å²) in [5.41, 5.74) is 1.47. The van der Waals surface area contributed by atoms with Crippen molar-refractivity contribution in [1.82, 2.24) is 0 Å². The number of nitrogens with one attached hydrogen (secondary N) is 1. The van der Waals surface area contributed by atoms with Gasteiger partial charge in [0.05, 0.1) is 5.69 Å². The number of amides is 1. The lowest BCUT2D eigenvalue weighted by molar-refractivity contribution is -0.117. The molecule has 1 amide bonds. The van der Waals surface area contributed by atoms with E-state index in [1.807, 2.05) is 30.3 Å². The fraction of sp³-hybridized carbons (Fsp3) is 0.188. The Morgan fingerprint density at radius 1 is 1.15 bits per heavy atom. The molecule has 2 aromatic carbocycles. The van der Waals surface area contributed by atoms with E-state index in [0.717, 1.165) is 15.7 Å². The molecule has 1 N–H and O–H groups in total. The monoisotopic (exact) mass is 381 g/mol. The number of rotatable bonds is 3. The number of hydrogen-bond donors (Lipinski definition) is 1. The van der Waals surface area contributed by atoms with Crippen LogP contribution in [-0.2, 0) is 4.79 Å². The molecular formula is C16H13FINO. The molecular weight excluding hydrogens is 368 g/mol. The van der Waals surface area contributed by atoms with Crippen molar-refractivity contribution in [2.24, 2.45) is 5.92 Å². The van der Waals surface area contributed by atoms with Crippen LogP contribution in [0, 0.1) is 15.3 Å². The first-order valence-corrected chi connectivity index (χ1v) is 7.54. The van der Waals surface area contributed by atoms with Crippen molar-refractivity contribution < 1.29 is 9.18 Å². The van der Waals surface area contributed by atoms with Crippen molar-refractivity contribution in [2.75, 3.05) is 5.32 Å². The normalized spacial score (nSPS) is 20.5. The zero-order chi connectivity index (χ0) is 14.1. The second-order valence-electron chi connectivity index (χ2n) is 4.94. The summed E-state index contributed by atoms with van der Waals surface area (Å²) < 4.78 is 14.7. The van der Waals surface area contributed by atoms with E-state index in [1.165, 1.54) is 6.07 Å². The molecule has 0 heterocycles. The quantitative estimate of drug-likeness (QED) is 0.795. The maximum atomic E-state index is 13.7. The number of hydrogen-bond acceptors (Lipinski definition) is 1. The molecule has 0 spiro atoms. The number of carbonyl (C=O) groups excluding carboxylic acids is 1. The molecule has 2 nitrogen and oxygen atoms in total. The van der Waals surface area contributed by atoms with E-state index in [9.17, 15) is 9.18 Å². The van der Waals surface area contributed by atoms with Gasteiger partial charge in [0.25, 0.3) is 0 Å². The summed E-state index contributed by atoms with van der Waals surface area (Å²) in [6, 6.07) is 14.3. The highest BCUT2D eigenvalue weighted by Crippen LogP contribution is 2.48. The largest absolute Gasteiger partial charge is 0.325 e. The van der Waals surface area contributed by atoms with Gasteiger partial charge in [-0.3, -0.25) is 4.79 Å². The predicted octanol–water partition coefficient (Wildman–Crippen LogP) is 4.17. The molecule has 0 aliphatic heterocycles. The maximum Gasteiger partial charge on any atom is 0.228 e. The average molecular weight is 381 g/mol. The number of para-hydroxylation sites is 1. The highest BCUT2D eigenvalue weighted by Gasteiger charge is 2.45. The summed E-state index contributed by atoms with van der Waals surface area (Å²) in [5.74, 6) is -0.357. The third kappa shape index (κ3) is 2.70. The molecule has 2 atom stereocenters. The van der Waals surface area contributed by atoms with Gasteiger partial charge in [-0.2, -0.15) is 0 Å². The molecule has 4 heteroatoms. The lowest BCUT2D eigenvalue weighted by Crippen LogP contribution is -2.15. The molecule has 0 aromatic heterocycles. The fourth-order valence-electron chi connectivity index (χ4n) is 2.39. The highest BCUT2D eigenvalue weighted by atomic mass is 127. The molecule has 2 aromatic rings. The fourth-order valence-corrected chi connectivity index (χ4v) is 2.91. The molecule has 1 fully saturated rings. The summed E-state index contributed by atoms with van der Waals surface area (Å²) >= 11 is 2.18. The predicted molar refractivity (Wildman–Crippen MR) is 85.0 cm³/mol. The van der Waals surface area contributed by atoms with Crippen LogP contribution in [0.5, 0.6) is 0 Å². The van der Waals surface area contributed by atoms with Crippen LogP contribution in [-0.4, -0.2) is 5.91 Å². The third-order valence-electron chi connectivity index (χ3n) is 3.56. The number of carbonyl (C=O) groups is 1. The number of halogens is 2. The second kappa shape index (κ2) is 5.52. The standard InChI is InChI=1S/C16H13FINO/c17-13-6-2-1-5-10(13)11-9-12(11)16(20)19-15-8-4-3-7-14(15)18/h1-8,11-12H,9H2,(H,19,20). The molecule has 1 saturated carbocycles.